The molecule has 0 amide bonds. The number of hydrogen-bond acceptors (Lipinski definition) is 2. The molecule has 6 N–H and O–H groups in total. The van der Waals surface area contributed by atoms with Crippen LogP contribution in [-0.2, 0) is 21.1 Å². The van der Waals surface area contributed by atoms with Crippen LogP contribution in [0.4, 0.5) is 0 Å². The molecule has 7 heavy (non-hydrogen) atoms. The van der Waals surface area contributed by atoms with E-state index in [-0.39, 0.29) is 80.7 Å². The summed E-state index contributed by atoms with van der Waals surface area (Å²) in [7, 11) is 0. The van der Waals surface area contributed by atoms with E-state index in [0.29, 0.717) is 0 Å². The third kappa shape index (κ3) is 85.2. The minimum absolute atomic E-state index is 0. The van der Waals surface area contributed by atoms with Crippen molar-refractivity contribution >= 4 is 0 Å². The molecule has 0 fully saturated rings. The van der Waals surface area contributed by atoms with Crippen molar-refractivity contribution in [3.05, 3.63) is 0 Å². The van der Waals surface area contributed by atoms with Gasteiger partial charge in [-0.2, -0.15) is 0 Å². The molecule has 0 radical (unpaired) electrons. The molecular weight excluding hydrogens is 262 g/mol. The normalized spacial score (nSPS) is 0. The van der Waals surface area contributed by atoms with Crippen LogP contribution in [0, 0.1) is 0 Å². The Balaban J connectivity index is 0. The van der Waals surface area contributed by atoms with Crippen LogP contribution < -0.4 is 37.7 Å². The quantitative estimate of drug-likeness (QED) is 0.405. The van der Waals surface area contributed by atoms with Crippen LogP contribution >= 0.6 is 0 Å². The molecule has 0 atom stereocenters. The van der Waals surface area contributed by atoms with E-state index in [9.17, 15) is 0 Å². The van der Waals surface area contributed by atoms with Gasteiger partial charge in [0.15, 0.2) is 0 Å². The van der Waals surface area contributed by atoms with Gasteiger partial charge in [-0.25, -0.2) is 0 Å². The number of rotatable bonds is 0. The molecule has 0 saturated carbocycles. The van der Waals surface area contributed by atoms with Gasteiger partial charge in [-0.1, -0.05) is 0 Å². The van der Waals surface area contributed by atoms with E-state index < -0.39 is 0 Å². The van der Waals surface area contributed by atoms with Crippen LogP contribution in [0.25, 0.3) is 0 Å². The van der Waals surface area contributed by atoms with Crippen LogP contribution in [0.2, 0.25) is 0 Å². The fraction of sp³-hybridized carbons (Fsp3) is 0. The van der Waals surface area contributed by atoms with E-state index >= 15 is 0 Å². The predicted molar refractivity (Wildman–Crippen MR) is 11.1 cm³/mol. The molecule has 0 aliphatic rings. The standard InChI is InChI=1S/2Li.4H2O.W/h;;4*1H2;/q2*+1;;;;;/p-2. The molecule has 0 aliphatic heterocycles. The van der Waals surface area contributed by atoms with E-state index in [1.54, 1.807) is 0 Å². The first-order chi connectivity index (χ1) is 0. The SMILES string of the molecule is O.O.[Li+].[Li+].[OH-].[OH-].[W]. The molecule has 0 heterocycles. The Morgan fingerprint density at radius 3 is 0.571 bits per heavy atom. The molecule has 7 heteroatoms. The van der Waals surface area contributed by atoms with Gasteiger partial charge in [0.05, 0.1) is 0 Å². The third-order valence-corrected chi connectivity index (χ3v) is 0. The van der Waals surface area contributed by atoms with Crippen LogP contribution in [0.3, 0.4) is 0 Å². The zero-order chi connectivity index (χ0) is 0. The Hall–Kier alpha value is 1.72. The molecule has 0 aromatic heterocycles. The average molecular weight is 268 g/mol. The van der Waals surface area contributed by atoms with Crippen molar-refractivity contribution < 1.29 is 80.7 Å². The molecule has 0 aliphatic carbocycles. The Morgan fingerprint density at radius 2 is 0.571 bits per heavy atom. The predicted octanol–water partition coefficient (Wildman–Crippen LogP) is -8.00. The van der Waals surface area contributed by atoms with Crippen molar-refractivity contribution in [2.75, 3.05) is 0 Å². The Labute approximate surface area is 80.3 Å². The minimum atomic E-state index is 0. The van der Waals surface area contributed by atoms with Crippen LogP contribution in [0.5, 0.6) is 0 Å². The van der Waals surface area contributed by atoms with Crippen LogP contribution in [-0.4, -0.2) is 21.9 Å². The van der Waals surface area contributed by atoms with Crippen molar-refractivity contribution in [3.8, 4) is 0 Å². The molecule has 0 saturated heterocycles. The first-order valence-electron chi connectivity index (χ1n) is 0. The summed E-state index contributed by atoms with van der Waals surface area (Å²) in [6, 6.07) is 0. The summed E-state index contributed by atoms with van der Waals surface area (Å²) < 4.78 is 0. The summed E-state index contributed by atoms with van der Waals surface area (Å²) in [5.74, 6) is 0. The smallest absolute Gasteiger partial charge is 0.870 e. The molecular formula is H6Li2O4W. The summed E-state index contributed by atoms with van der Waals surface area (Å²) in [6.45, 7) is 0. The van der Waals surface area contributed by atoms with Crippen molar-refractivity contribution in [1.82, 2.24) is 0 Å². The zero-order valence-electron chi connectivity index (χ0n) is 4.30. The third-order valence-electron chi connectivity index (χ3n) is 0. The maximum atomic E-state index is 0. The largest absolute Gasteiger partial charge is 1.00 e. The van der Waals surface area contributed by atoms with Gasteiger partial charge in [0, 0.05) is 21.1 Å². The average Bonchev–Trinajstić information content (AvgIpc) is 0. The van der Waals surface area contributed by atoms with Gasteiger partial charge in [0.25, 0.3) is 0 Å². The van der Waals surface area contributed by atoms with Crippen LogP contribution in [0.15, 0.2) is 0 Å². The monoisotopic (exact) mass is 268 g/mol. The summed E-state index contributed by atoms with van der Waals surface area (Å²) in [4.78, 5) is 0. The molecule has 0 bridgehead atoms. The van der Waals surface area contributed by atoms with Crippen LogP contribution in [0.1, 0.15) is 0 Å². The second-order valence-corrected chi connectivity index (χ2v) is 0. The fourth-order valence-corrected chi connectivity index (χ4v) is 0. The van der Waals surface area contributed by atoms with Gasteiger partial charge in [-0.15, -0.1) is 0 Å². The first-order valence-corrected chi connectivity index (χ1v) is 0. The fourth-order valence-electron chi connectivity index (χ4n) is 0. The summed E-state index contributed by atoms with van der Waals surface area (Å²) in [6.07, 6.45) is 0. The van der Waals surface area contributed by atoms with E-state index in [2.05, 4.69) is 0 Å². The van der Waals surface area contributed by atoms with E-state index in [1.807, 2.05) is 0 Å². The van der Waals surface area contributed by atoms with Crippen molar-refractivity contribution in [3.63, 3.8) is 0 Å². The molecule has 0 rings (SSSR count). The summed E-state index contributed by atoms with van der Waals surface area (Å²) >= 11 is 0. The van der Waals surface area contributed by atoms with Gasteiger partial charge in [-0.3, -0.25) is 0 Å². The van der Waals surface area contributed by atoms with Crippen molar-refractivity contribution in [2.45, 2.75) is 0 Å². The first kappa shape index (κ1) is 175. The van der Waals surface area contributed by atoms with Gasteiger partial charge in [0.1, 0.15) is 0 Å². The Kier molecular flexibility index (Phi) is 2940. The topological polar surface area (TPSA) is 123 Å². The van der Waals surface area contributed by atoms with Gasteiger partial charge in [0.2, 0.25) is 0 Å². The van der Waals surface area contributed by atoms with E-state index in [1.165, 1.54) is 0 Å². The zero-order valence-corrected chi connectivity index (χ0v) is 7.24. The summed E-state index contributed by atoms with van der Waals surface area (Å²) in [5.41, 5.74) is 0. The maximum Gasteiger partial charge on any atom is 1.00 e. The molecule has 0 aromatic carbocycles. The minimum Gasteiger partial charge on any atom is -0.870 e. The molecule has 0 aromatic rings. The van der Waals surface area contributed by atoms with Gasteiger partial charge in [-0.05, 0) is 0 Å². The van der Waals surface area contributed by atoms with E-state index in [4.69, 9.17) is 0 Å². The van der Waals surface area contributed by atoms with Gasteiger partial charge >= 0.3 is 37.7 Å². The molecule has 0 spiro atoms. The second kappa shape index (κ2) is 118. The molecule has 38 valence electrons. The van der Waals surface area contributed by atoms with Gasteiger partial charge < -0.3 is 21.9 Å². The second-order valence-electron chi connectivity index (χ2n) is 0. The van der Waals surface area contributed by atoms with Crippen molar-refractivity contribution in [1.29, 1.82) is 0 Å². The molecule has 4 nitrogen and oxygen atoms in total. The Morgan fingerprint density at radius 1 is 0.571 bits per heavy atom. The Bertz CT molecular complexity index is 9.65. The number of hydrogen-bond donors (Lipinski definition) is 0. The molecule has 0 unspecified atom stereocenters. The maximum absolute atomic E-state index is 0. The summed E-state index contributed by atoms with van der Waals surface area (Å²) in [5, 5.41) is 0. The van der Waals surface area contributed by atoms with E-state index in [0.717, 1.165) is 0 Å². The van der Waals surface area contributed by atoms with Crippen molar-refractivity contribution in [2.24, 2.45) is 0 Å².